The molecule has 0 spiro atoms. The smallest absolute Gasteiger partial charge is 0.222 e. The molecule has 4 atom stereocenters. The molecule has 168 valence electrons. The molecule has 2 N–H and O–H groups in total. The number of halogens is 2. The molecule has 2 aliphatic rings. The first kappa shape index (κ1) is 23.7. The molecule has 1 aromatic rings. The summed E-state index contributed by atoms with van der Waals surface area (Å²) in [6.45, 7) is 2.73. The van der Waals surface area contributed by atoms with Crippen LogP contribution in [0, 0.1) is 0 Å². The number of hydrogen-bond acceptors (Lipinski definition) is 6. The highest BCUT2D eigenvalue weighted by molar-refractivity contribution is 6.42. The van der Waals surface area contributed by atoms with Crippen molar-refractivity contribution in [3.63, 3.8) is 0 Å². The van der Waals surface area contributed by atoms with Gasteiger partial charge >= 0.3 is 0 Å². The Morgan fingerprint density at radius 2 is 2.13 bits per heavy atom. The molecular formula is C21H30Cl2N2O5. The fourth-order valence-corrected chi connectivity index (χ4v) is 4.39. The van der Waals surface area contributed by atoms with Crippen molar-refractivity contribution in [2.75, 3.05) is 40.0 Å². The molecule has 0 aromatic heterocycles. The van der Waals surface area contributed by atoms with Gasteiger partial charge in [0.05, 0.1) is 54.6 Å². The molecule has 7 nitrogen and oxygen atoms in total. The minimum absolute atomic E-state index is 0.0367. The van der Waals surface area contributed by atoms with Crippen LogP contribution in [0.2, 0.25) is 10.0 Å². The predicted molar refractivity (Wildman–Crippen MR) is 115 cm³/mol. The number of amides is 1. The van der Waals surface area contributed by atoms with E-state index in [9.17, 15) is 9.90 Å². The van der Waals surface area contributed by atoms with E-state index in [0.717, 1.165) is 18.4 Å². The summed E-state index contributed by atoms with van der Waals surface area (Å²) in [5.41, 5.74) is 1.02. The van der Waals surface area contributed by atoms with Crippen LogP contribution in [-0.2, 0) is 25.5 Å². The van der Waals surface area contributed by atoms with Gasteiger partial charge in [-0.05, 0) is 30.5 Å². The molecule has 30 heavy (non-hydrogen) atoms. The van der Waals surface area contributed by atoms with E-state index in [1.54, 1.807) is 13.2 Å². The van der Waals surface area contributed by atoms with Crippen molar-refractivity contribution in [3.8, 4) is 0 Å². The molecule has 2 fully saturated rings. The first-order chi connectivity index (χ1) is 14.5. The highest BCUT2D eigenvalue weighted by Gasteiger charge is 2.38. The summed E-state index contributed by atoms with van der Waals surface area (Å²) in [7, 11) is 1.60. The van der Waals surface area contributed by atoms with Crippen LogP contribution in [0.5, 0.6) is 0 Å². The summed E-state index contributed by atoms with van der Waals surface area (Å²) < 4.78 is 16.9. The van der Waals surface area contributed by atoms with E-state index in [-0.39, 0.29) is 30.8 Å². The zero-order valence-electron chi connectivity index (χ0n) is 17.2. The van der Waals surface area contributed by atoms with Gasteiger partial charge in [-0.25, -0.2) is 0 Å². The Hall–Kier alpha value is -0.930. The van der Waals surface area contributed by atoms with Crippen LogP contribution in [0.3, 0.4) is 0 Å². The average molecular weight is 461 g/mol. The minimum atomic E-state index is -0.571. The summed E-state index contributed by atoms with van der Waals surface area (Å²) in [5.74, 6) is -0.0367. The topological polar surface area (TPSA) is 80.3 Å². The Balaban J connectivity index is 1.63. The third-order valence-corrected chi connectivity index (χ3v) is 6.24. The van der Waals surface area contributed by atoms with E-state index in [1.807, 2.05) is 12.1 Å². The van der Waals surface area contributed by atoms with Crippen LogP contribution < -0.4 is 5.32 Å². The molecule has 0 saturated carbocycles. The largest absolute Gasteiger partial charge is 0.389 e. The van der Waals surface area contributed by atoms with Gasteiger partial charge in [0.2, 0.25) is 5.91 Å². The lowest BCUT2D eigenvalue weighted by atomic mass is 9.94. The van der Waals surface area contributed by atoms with E-state index < -0.39 is 6.10 Å². The lowest BCUT2D eigenvalue weighted by molar-refractivity contribution is -0.158. The van der Waals surface area contributed by atoms with Crippen molar-refractivity contribution in [1.29, 1.82) is 0 Å². The first-order valence-corrected chi connectivity index (χ1v) is 11.1. The standard InChI is InChI=1S/C21H30Cl2N2O5/c1-28-7-6-24-21(27)9-16-3-5-19-20(30-16)13-29-12-15(26)11-25(19)10-14-2-4-17(22)18(23)8-14/h2,4,8,15-16,19-20,26H,3,5-7,9-13H2,1H3,(H,24,27)/t15-,16-,19-,20+/m1/s1. The summed E-state index contributed by atoms with van der Waals surface area (Å²) in [4.78, 5) is 14.4. The predicted octanol–water partition coefficient (Wildman–Crippen LogP) is 2.26. The molecule has 3 rings (SSSR count). The third-order valence-electron chi connectivity index (χ3n) is 5.50. The molecule has 1 aromatic carbocycles. The van der Waals surface area contributed by atoms with Crippen LogP contribution in [0.4, 0.5) is 0 Å². The van der Waals surface area contributed by atoms with Crippen LogP contribution in [0.25, 0.3) is 0 Å². The number of β-amino-alcohol motifs (C(OH)–C–C–N with tert-alkyl or cyclic N) is 1. The summed E-state index contributed by atoms with van der Waals surface area (Å²) in [5, 5.41) is 14.2. The van der Waals surface area contributed by atoms with E-state index in [2.05, 4.69) is 10.2 Å². The fourth-order valence-electron chi connectivity index (χ4n) is 4.07. The number of aliphatic hydroxyl groups excluding tert-OH is 1. The second-order valence-corrected chi connectivity index (χ2v) is 8.67. The lowest BCUT2D eigenvalue weighted by Gasteiger charge is -2.44. The highest BCUT2D eigenvalue weighted by Crippen LogP contribution is 2.30. The van der Waals surface area contributed by atoms with E-state index >= 15 is 0 Å². The number of carbonyl (C=O) groups excluding carboxylic acids is 1. The van der Waals surface area contributed by atoms with Gasteiger partial charge in [-0.1, -0.05) is 29.3 Å². The molecule has 1 amide bonds. The van der Waals surface area contributed by atoms with E-state index in [0.29, 0.717) is 49.3 Å². The maximum atomic E-state index is 12.1. The molecular weight excluding hydrogens is 431 g/mol. The quantitative estimate of drug-likeness (QED) is 0.607. The Morgan fingerprint density at radius 3 is 2.90 bits per heavy atom. The van der Waals surface area contributed by atoms with Gasteiger partial charge in [0, 0.05) is 32.8 Å². The third kappa shape index (κ3) is 6.79. The number of carbonyl (C=O) groups is 1. The van der Waals surface area contributed by atoms with Crippen molar-refractivity contribution in [3.05, 3.63) is 33.8 Å². The number of nitrogens with zero attached hydrogens (tertiary/aromatic N) is 1. The van der Waals surface area contributed by atoms with E-state index in [4.69, 9.17) is 37.4 Å². The number of aliphatic hydroxyl groups is 1. The fraction of sp³-hybridized carbons (Fsp3) is 0.667. The van der Waals surface area contributed by atoms with Crippen molar-refractivity contribution >= 4 is 29.1 Å². The summed E-state index contributed by atoms with van der Waals surface area (Å²) >= 11 is 12.2. The highest BCUT2D eigenvalue weighted by atomic mass is 35.5. The molecule has 0 radical (unpaired) electrons. The van der Waals surface area contributed by atoms with Gasteiger partial charge in [0.15, 0.2) is 0 Å². The second-order valence-electron chi connectivity index (χ2n) is 7.86. The molecule has 9 heteroatoms. The number of fused-ring (bicyclic) bond motifs is 1. The lowest BCUT2D eigenvalue weighted by Crippen LogP contribution is -2.55. The number of ether oxygens (including phenoxy) is 3. The monoisotopic (exact) mass is 460 g/mol. The molecule has 0 bridgehead atoms. The zero-order chi connectivity index (χ0) is 21.5. The van der Waals surface area contributed by atoms with Gasteiger partial charge in [0.25, 0.3) is 0 Å². The number of nitrogens with one attached hydrogen (secondary N) is 1. The van der Waals surface area contributed by atoms with Gasteiger partial charge in [0.1, 0.15) is 0 Å². The number of methoxy groups -OCH3 is 1. The first-order valence-electron chi connectivity index (χ1n) is 10.3. The van der Waals surface area contributed by atoms with E-state index in [1.165, 1.54) is 0 Å². The Bertz CT molecular complexity index is 708. The van der Waals surface area contributed by atoms with Gasteiger partial charge in [-0.2, -0.15) is 0 Å². The van der Waals surface area contributed by atoms with Crippen LogP contribution in [0.1, 0.15) is 24.8 Å². The van der Waals surface area contributed by atoms with Gasteiger partial charge < -0.3 is 24.6 Å². The maximum Gasteiger partial charge on any atom is 0.222 e. The summed E-state index contributed by atoms with van der Waals surface area (Å²) in [6, 6.07) is 5.68. The molecule has 2 aliphatic heterocycles. The SMILES string of the molecule is COCCNC(=O)C[C@H]1CC[C@@H]2[C@H](COC[C@H](O)CN2Cc2ccc(Cl)c(Cl)c2)O1. The molecule has 0 unspecified atom stereocenters. The average Bonchev–Trinajstić information content (AvgIpc) is 2.69. The molecule has 2 heterocycles. The normalized spacial score (nSPS) is 27.7. The maximum absolute atomic E-state index is 12.1. The minimum Gasteiger partial charge on any atom is -0.389 e. The van der Waals surface area contributed by atoms with Crippen molar-refractivity contribution in [2.24, 2.45) is 0 Å². The second kappa shape index (κ2) is 11.6. The van der Waals surface area contributed by atoms with Gasteiger partial charge in [-0.15, -0.1) is 0 Å². The van der Waals surface area contributed by atoms with Crippen LogP contribution in [-0.4, -0.2) is 80.3 Å². The van der Waals surface area contributed by atoms with Crippen LogP contribution in [0.15, 0.2) is 18.2 Å². The Labute approximate surface area is 187 Å². The number of hydrogen-bond donors (Lipinski definition) is 2. The van der Waals surface area contributed by atoms with Crippen molar-refractivity contribution in [2.45, 2.75) is 50.2 Å². The molecule has 0 aliphatic carbocycles. The summed E-state index contributed by atoms with van der Waals surface area (Å²) in [6.07, 6.45) is 1.07. The van der Waals surface area contributed by atoms with Crippen molar-refractivity contribution in [1.82, 2.24) is 10.2 Å². The number of benzene rings is 1. The Kier molecular flexibility index (Phi) is 9.19. The van der Waals surface area contributed by atoms with Gasteiger partial charge in [-0.3, -0.25) is 9.69 Å². The van der Waals surface area contributed by atoms with Crippen molar-refractivity contribution < 1.29 is 24.1 Å². The number of rotatable bonds is 7. The zero-order valence-corrected chi connectivity index (χ0v) is 18.7. The van der Waals surface area contributed by atoms with Crippen LogP contribution >= 0.6 is 23.2 Å². The Morgan fingerprint density at radius 1 is 1.30 bits per heavy atom. The molecule has 2 saturated heterocycles.